The van der Waals surface area contributed by atoms with E-state index in [9.17, 15) is 31.4 Å². The molecule has 4 rings (SSSR count). The first-order valence-corrected chi connectivity index (χ1v) is 10.5. The quantitative estimate of drug-likeness (QED) is 0.332. The zero-order valence-electron chi connectivity index (χ0n) is 18.8. The Morgan fingerprint density at radius 1 is 1.06 bits per heavy atom. The number of methoxy groups -OCH3 is 1. The molecule has 36 heavy (non-hydrogen) atoms. The van der Waals surface area contributed by atoms with Crippen LogP contribution in [0.15, 0.2) is 36.4 Å². The van der Waals surface area contributed by atoms with E-state index in [2.05, 4.69) is 20.4 Å². The van der Waals surface area contributed by atoms with Crippen molar-refractivity contribution in [3.63, 3.8) is 0 Å². The maximum atomic E-state index is 13.2. The van der Waals surface area contributed by atoms with Crippen LogP contribution in [0.5, 0.6) is 5.75 Å². The third kappa shape index (κ3) is 4.86. The largest absolute Gasteiger partial charge is 0.494 e. The van der Waals surface area contributed by atoms with Gasteiger partial charge in [-0.2, -0.15) is 30.9 Å². The number of anilines is 1. The van der Waals surface area contributed by atoms with Gasteiger partial charge in [0.15, 0.2) is 11.5 Å². The summed E-state index contributed by atoms with van der Waals surface area (Å²) in [5, 5.41) is 18.2. The number of benzene rings is 2. The van der Waals surface area contributed by atoms with E-state index in [0.29, 0.717) is 34.4 Å². The van der Waals surface area contributed by atoms with Gasteiger partial charge in [-0.25, -0.2) is 9.97 Å². The third-order valence-electron chi connectivity index (χ3n) is 5.56. The first-order chi connectivity index (χ1) is 16.8. The molecule has 0 aliphatic carbocycles. The van der Waals surface area contributed by atoms with Gasteiger partial charge in [0.25, 0.3) is 0 Å². The lowest BCUT2D eigenvalue weighted by atomic mass is 9.97. The number of hydrogen-bond donors (Lipinski definition) is 3. The number of aliphatic hydroxyl groups excluding tert-OH is 1. The number of halogens is 6. The van der Waals surface area contributed by atoms with Crippen LogP contribution in [0, 0.1) is 0 Å². The van der Waals surface area contributed by atoms with Crippen LogP contribution in [-0.2, 0) is 18.9 Å². The van der Waals surface area contributed by atoms with Crippen molar-refractivity contribution >= 4 is 22.5 Å². The van der Waals surface area contributed by atoms with E-state index in [4.69, 9.17) is 10.5 Å². The van der Waals surface area contributed by atoms with Crippen LogP contribution < -0.4 is 15.8 Å². The lowest BCUT2D eigenvalue weighted by Gasteiger charge is -2.22. The number of nitrogens with two attached hydrogens (primary N) is 1. The number of nitrogens with one attached hydrogen (secondary N) is 1. The number of para-hydroxylation sites is 1. The Labute approximate surface area is 199 Å². The van der Waals surface area contributed by atoms with E-state index in [0.717, 1.165) is 0 Å². The molecule has 0 radical (unpaired) electrons. The molecule has 2 atom stereocenters. The van der Waals surface area contributed by atoms with Crippen LogP contribution >= 0.6 is 0 Å². The average molecular weight is 514 g/mol. The number of aromatic nitrogens is 4. The monoisotopic (exact) mass is 514 g/mol. The number of fused-ring (bicyclic) bond motifs is 3. The normalized spacial score (nSPS) is 14.4. The lowest BCUT2D eigenvalue weighted by molar-refractivity contribution is -0.143. The Kier molecular flexibility index (Phi) is 6.43. The van der Waals surface area contributed by atoms with Crippen molar-refractivity contribution in [3.8, 4) is 5.75 Å². The highest BCUT2D eigenvalue weighted by Crippen LogP contribution is 2.38. The molecule has 192 valence electrons. The third-order valence-corrected chi connectivity index (χ3v) is 5.56. The van der Waals surface area contributed by atoms with E-state index < -0.39 is 41.2 Å². The number of hydrogen-bond acceptors (Lipinski definition) is 7. The SMILES string of the molecule is COc1cccc2c1nc(N)n1nc(CN[C@H](C)[C@@H](O)c3cc(C(F)(F)F)cc(C(F)(F)F)c3)nc21. The summed E-state index contributed by atoms with van der Waals surface area (Å²) in [6, 6.07) is 5.20. The Hall–Kier alpha value is -3.65. The minimum Gasteiger partial charge on any atom is -0.494 e. The molecule has 0 unspecified atom stereocenters. The summed E-state index contributed by atoms with van der Waals surface area (Å²) in [6.07, 6.45) is -11.7. The van der Waals surface area contributed by atoms with Crippen molar-refractivity contribution < 1.29 is 36.2 Å². The molecular formula is C22H20F6N6O2. The van der Waals surface area contributed by atoms with Gasteiger partial charge in [0.1, 0.15) is 11.3 Å². The van der Waals surface area contributed by atoms with E-state index in [1.165, 1.54) is 18.5 Å². The average Bonchev–Trinajstić information content (AvgIpc) is 3.25. The molecule has 4 aromatic rings. The van der Waals surface area contributed by atoms with Crippen LogP contribution in [0.3, 0.4) is 0 Å². The van der Waals surface area contributed by atoms with Crippen molar-refractivity contribution in [3.05, 3.63) is 58.9 Å². The molecule has 2 heterocycles. The van der Waals surface area contributed by atoms with Gasteiger partial charge in [0.05, 0.1) is 30.9 Å². The van der Waals surface area contributed by atoms with E-state index >= 15 is 0 Å². The standard InChI is InChI=1S/C22H20F6N6O2/c1-10(18(35)11-6-12(21(23,24)25)8-13(7-11)22(26,27)28)30-9-16-31-19-14-4-3-5-15(36-2)17(14)32-20(29)34(19)33-16/h3-8,10,18,30,35H,9H2,1-2H3,(H2,29,32)/t10-,18-/m1/s1. The second-order valence-electron chi connectivity index (χ2n) is 8.04. The molecule has 0 spiro atoms. The molecule has 0 fully saturated rings. The second kappa shape index (κ2) is 9.09. The van der Waals surface area contributed by atoms with Gasteiger partial charge < -0.3 is 20.9 Å². The maximum Gasteiger partial charge on any atom is 0.416 e. The lowest BCUT2D eigenvalue weighted by Crippen LogP contribution is -2.32. The van der Waals surface area contributed by atoms with Gasteiger partial charge in [-0.3, -0.25) is 0 Å². The fourth-order valence-corrected chi connectivity index (χ4v) is 3.71. The van der Waals surface area contributed by atoms with Crippen molar-refractivity contribution in [2.45, 2.75) is 38.0 Å². The molecule has 0 saturated carbocycles. The van der Waals surface area contributed by atoms with Gasteiger partial charge in [-0.1, -0.05) is 6.07 Å². The molecule has 14 heteroatoms. The summed E-state index contributed by atoms with van der Waals surface area (Å²) in [5.74, 6) is 0.704. The molecule has 0 amide bonds. The number of aliphatic hydroxyl groups is 1. The fraction of sp³-hybridized carbons (Fsp3) is 0.318. The van der Waals surface area contributed by atoms with Gasteiger partial charge in [0.2, 0.25) is 5.95 Å². The van der Waals surface area contributed by atoms with Crippen molar-refractivity contribution in [1.29, 1.82) is 0 Å². The molecule has 8 nitrogen and oxygen atoms in total. The molecule has 0 bridgehead atoms. The van der Waals surface area contributed by atoms with Crippen LogP contribution in [0.2, 0.25) is 0 Å². The van der Waals surface area contributed by atoms with Gasteiger partial charge in [0, 0.05) is 11.4 Å². The summed E-state index contributed by atoms with van der Waals surface area (Å²) in [7, 11) is 1.48. The first kappa shape index (κ1) is 25.4. The minimum atomic E-state index is -5.02. The Balaban J connectivity index is 1.59. The highest BCUT2D eigenvalue weighted by atomic mass is 19.4. The smallest absolute Gasteiger partial charge is 0.416 e. The van der Waals surface area contributed by atoms with Crippen molar-refractivity contribution in [1.82, 2.24) is 24.9 Å². The molecular weight excluding hydrogens is 494 g/mol. The fourth-order valence-electron chi connectivity index (χ4n) is 3.71. The predicted octanol–water partition coefficient (Wildman–Crippen LogP) is 4.12. The molecule has 0 aliphatic heterocycles. The summed E-state index contributed by atoms with van der Waals surface area (Å²) in [5.41, 5.74) is 3.27. The van der Waals surface area contributed by atoms with Crippen LogP contribution in [0.1, 0.15) is 35.5 Å². The van der Waals surface area contributed by atoms with Crippen LogP contribution in [-0.4, -0.2) is 37.8 Å². The van der Waals surface area contributed by atoms with Crippen LogP contribution in [0.4, 0.5) is 32.3 Å². The van der Waals surface area contributed by atoms with E-state index in [1.54, 1.807) is 18.2 Å². The van der Waals surface area contributed by atoms with E-state index in [-0.39, 0.29) is 24.4 Å². The number of ether oxygens (including phenoxy) is 1. The number of alkyl halides is 6. The molecule has 2 aromatic heterocycles. The number of rotatable bonds is 6. The molecule has 2 aromatic carbocycles. The van der Waals surface area contributed by atoms with Gasteiger partial charge in [-0.05, 0) is 42.8 Å². The predicted molar refractivity (Wildman–Crippen MR) is 117 cm³/mol. The second-order valence-corrected chi connectivity index (χ2v) is 8.04. The Morgan fingerprint density at radius 3 is 2.28 bits per heavy atom. The minimum absolute atomic E-state index is 0.00660. The van der Waals surface area contributed by atoms with Crippen molar-refractivity contribution in [2.75, 3.05) is 12.8 Å². The van der Waals surface area contributed by atoms with Crippen molar-refractivity contribution in [2.24, 2.45) is 0 Å². The molecule has 0 aliphatic rings. The van der Waals surface area contributed by atoms with E-state index in [1.807, 2.05) is 0 Å². The zero-order chi connectivity index (χ0) is 26.4. The summed E-state index contributed by atoms with van der Waals surface area (Å²) in [6.45, 7) is 1.33. The summed E-state index contributed by atoms with van der Waals surface area (Å²) < 4.78 is 85.5. The summed E-state index contributed by atoms with van der Waals surface area (Å²) >= 11 is 0. The topological polar surface area (TPSA) is 111 Å². The summed E-state index contributed by atoms with van der Waals surface area (Å²) in [4.78, 5) is 8.68. The first-order valence-electron chi connectivity index (χ1n) is 10.5. The molecule has 0 saturated heterocycles. The highest BCUT2D eigenvalue weighted by molar-refractivity contribution is 5.95. The molecule has 4 N–H and O–H groups in total. The Bertz CT molecular complexity index is 1390. The van der Waals surface area contributed by atoms with Gasteiger partial charge >= 0.3 is 12.4 Å². The number of nitrogens with zero attached hydrogens (tertiary/aromatic N) is 4. The number of nitrogen functional groups attached to an aromatic ring is 1. The van der Waals surface area contributed by atoms with Gasteiger partial charge in [-0.15, -0.1) is 5.10 Å². The zero-order valence-corrected chi connectivity index (χ0v) is 18.8. The maximum absolute atomic E-state index is 13.2. The van der Waals surface area contributed by atoms with Crippen LogP contribution in [0.25, 0.3) is 16.6 Å². The highest BCUT2D eigenvalue weighted by Gasteiger charge is 2.37. The Morgan fingerprint density at radius 2 is 1.69 bits per heavy atom.